The second kappa shape index (κ2) is 5.54. The molecule has 2 nitrogen and oxygen atoms in total. The predicted molar refractivity (Wildman–Crippen MR) is 72.7 cm³/mol. The van der Waals surface area contributed by atoms with Gasteiger partial charge in [-0.1, -0.05) is 25.1 Å². The van der Waals surface area contributed by atoms with Crippen molar-refractivity contribution in [2.45, 2.75) is 45.8 Å². The summed E-state index contributed by atoms with van der Waals surface area (Å²) in [5.41, 5.74) is 2.87. The van der Waals surface area contributed by atoms with Crippen molar-refractivity contribution in [3.8, 4) is 0 Å². The van der Waals surface area contributed by atoms with E-state index < -0.39 is 0 Å². The fraction of sp³-hybridized carbons (Fsp3) is 0.600. The molecule has 0 N–H and O–H groups in total. The smallest absolute Gasteiger partial charge is 0.0645 e. The maximum Gasteiger partial charge on any atom is 0.0645 e. The van der Waals surface area contributed by atoms with E-state index in [1.807, 2.05) is 0 Å². The quantitative estimate of drug-likeness (QED) is 0.774. The Morgan fingerprint density at radius 2 is 2.18 bits per heavy atom. The van der Waals surface area contributed by atoms with Gasteiger partial charge in [-0.05, 0) is 38.3 Å². The zero-order valence-corrected chi connectivity index (χ0v) is 11.1. The van der Waals surface area contributed by atoms with Crippen LogP contribution in [0.4, 0.5) is 5.69 Å². The van der Waals surface area contributed by atoms with Crippen LogP contribution in [0, 0.1) is 0 Å². The van der Waals surface area contributed by atoms with E-state index in [2.05, 4.69) is 49.9 Å². The van der Waals surface area contributed by atoms with Crippen molar-refractivity contribution >= 4 is 5.69 Å². The Morgan fingerprint density at radius 3 is 2.94 bits per heavy atom. The average Bonchev–Trinajstić information content (AvgIpc) is 2.66. The Morgan fingerprint density at radius 1 is 1.41 bits per heavy atom. The number of anilines is 1. The minimum atomic E-state index is 0.378. The summed E-state index contributed by atoms with van der Waals surface area (Å²) < 4.78 is 5.77. The minimum absolute atomic E-state index is 0.378. The summed E-state index contributed by atoms with van der Waals surface area (Å²) in [5, 5.41) is 0. The van der Waals surface area contributed by atoms with Crippen molar-refractivity contribution in [1.82, 2.24) is 0 Å². The van der Waals surface area contributed by atoms with Gasteiger partial charge in [-0.25, -0.2) is 0 Å². The Balaban J connectivity index is 1.93. The van der Waals surface area contributed by atoms with Crippen molar-refractivity contribution in [2.75, 3.05) is 18.1 Å². The molecule has 94 valence electrons. The number of fused-ring (bicyclic) bond motifs is 1. The molecule has 1 aromatic carbocycles. The summed E-state index contributed by atoms with van der Waals surface area (Å²) >= 11 is 0. The third-order valence-electron chi connectivity index (χ3n) is 3.66. The third-order valence-corrected chi connectivity index (χ3v) is 3.66. The second-order valence-electron chi connectivity index (χ2n) is 4.96. The second-order valence-corrected chi connectivity index (χ2v) is 4.96. The van der Waals surface area contributed by atoms with Gasteiger partial charge in [0.15, 0.2) is 0 Å². The lowest BCUT2D eigenvalue weighted by atomic mass is 10.1. The predicted octanol–water partition coefficient (Wildman–Crippen LogP) is 3.25. The highest BCUT2D eigenvalue weighted by Crippen LogP contribution is 2.31. The Labute approximate surface area is 105 Å². The molecule has 0 aromatic heterocycles. The zero-order chi connectivity index (χ0) is 12.3. The number of hydrogen-bond acceptors (Lipinski definition) is 2. The normalized spacial score (nSPS) is 20.4. The lowest BCUT2D eigenvalue weighted by Gasteiger charge is -2.25. The van der Waals surface area contributed by atoms with Crippen molar-refractivity contribution in [3.05, 3.63) is 29.8 Å². The molecular formula is C15H23NO. The van der Waals surface area contributed by atoms with Crippen molar-refractivity contribution in [1.29, 1.82) is 0 Å². The highest BCUT2D eigenvalue weighted by atomic mass is 16.5. The summed E-state index contributed by atoms with van der Waals surface area (Å²) in [6, 6.07) is 9.32. The molecule has 0 aliphatic carbocycles. The van der Waals surface area contributed by atoms with E-state index in [1.165, 1.54) is 17.7 Å². The molecule has 0 bridgehead atoms. The third kappa shape index (κ3) is 2.81. The summed E-state index contributed by atoms with van der Waals surface area (Å²) in [5.74, 6) is 0. The Kier molecular flexibility index (Phi) is 4.06. The zero-order valence-electron chi connectivity index (χ0n) is 11.1. The molecule has 0 spiro atoms. The molecule has 2 rings (SSSR count). The molecule has 1 aliphatic heterocycles. The molecule has 2 heteroatoms. The lowest BCUT2D eigenvalue weighted by molar-refractivity contribution is 0.0681. The molecule has 0 saturated carbocycles. The maximum atomic E-state index is 5.77. The van der Waals surface area contributed by atoms with Crippen molar-refractivity contribution in [3.63, 3.8) is 0 Å². The fourth-order valence-electron chi connectivity index (χ4n) is 2.44. The van der Waals surface area contributed by atoms with Crippen LogP contribution in [0.25, 0.3) is 0 Å². The summed E-state index contributed by atoms with van der Waals surface area (Å²) in [6.07, 6.45) is 2.63. The summed E-state index contributed by atoms with van der Waals surface area (Å²) in [4.78, 5) is 2.47. The standard InChI is InChI=1S/C15H23NO/c1-4-13(3)17-10-9-16-12(2)11-14-7-5-6-8-15(14)16/h5-8,12-13H,4,9-11H2,1-3H3. The van der Waals surface area contributed by atoms with Gasteiger partial charge in [0.05, 0.1) is 12.7 Å². The van der Waals surface area contributed by atoms with E-state index in [4.69, 9.17) is 4.74 Å². The number of rotatable bonds is 5. The molecule has 17 heavy (non-hydrogen) atoms. The first-order chi connectivity index (χ1) is 8.22. The summed E-state index contributed by atoms with van der Waals surface area (Å²) in [7, 11) is 0. The largest absolute Gasteiger partial charge is 0.377 e. The van der Waals surface area contributed by atoms with E-state index in [0.29, 0.717) is 12.1 Å². The molecule has 0 saturated heterocycles. The lowest BCUT2D eigenvalue weighted by Crippen LogP contribution is -2.33. The number of nitrogens with zero attached hydrogens (tertiary/aromatic N) is 1. The van der Waals surface area contributed by atoms with Gasteiger partial charge in [-0.2, -0.15) is 0 Å². The van der Waals surface area contributed by atoms with E-state index in [1.54, 1.807) is 0 Å². The van der Waals surface area contributed by atoms with Crippen molar-refractivity contribution < 1.29 is 4.74 Å². The molecule has 2 atom stereocenters. The number of benzene rings is 1. The van der Waals surface area contributed by atoms with Gasteiger partial charge in [0, 0.05) is 18.3 Å². The number of hydrogen-bond donors (Lipinski definition) is 0. The first kappa shape index (κ1) is 12.4. The highest BCUT2D eigenvalue weighted by molar-refractivity contribution is 5.59. The number of ether oxygens (including phenoxy) is 1. The van der Waals surface area contributed by atoms with E-state index >= 15 is 0 Å². The Bertz CT molecular complexity index is 364. The SMILES string of the molecule is CCC(C)OCCN1c2ccccc2CC1C. The van der Waals surface area contributed by atoms with Crippen LogP contribution in [-0.4, -0.2) is 25.3 Å². The summed E-state index contributed by atoms with van der Waals surface area (Å²) in [6.45, 7) is 8.43. The minimum Gasteiger partial charge on any atom is -0.377 e. The van der Waals surface area contributed by atoms with Crippen LogP contribution in [0.1, 0.15) is 32.8 Å². The molecule has 0 amide bonds. The van der Waals surface area contributed by atoms with Gasteiger partial charge < -0.3 is 9.64 Å². The topological polar surface area (TPSA) is 12.5 Å². The van der Waals surface area contributed by atoms with E-state index in [9.17, 15) is 0 Å². The van der Waals surface area contributed by atoms with Crippen LogP contribution in [-0.2, 0) is 11.2 Å². The van der Waals surface area contributed by atoms with E-state index in [-0.39, 0.29) is 0 Å². The highest BCUT2D eigenvalue weighted by Gasteiger charge is 2.24. The molecular weight excluding hydrogens is 210 g/mol. The van der Waals surface area contributed by atoms with Crippen LogP contribution < -0.4 is 4.90 Å². The van der Waals surface area contributed by atoms with Gasteiger partial charge in [0.25, 0.3) is 0 Å². The Hall–Kier alpha value is -1.02. The van der Waals surface area contributed by atoms with Crippen LogP contribution in [0.2, 0.25) is 0 Å². The molecule has 0 radical (unpaired) electrons. The van der Waals surface area contributed by atoms with Gasteiger partial charge in [0.1, 0.15) is 0 Å². The van der Waals surface area contributed by atoms with Gasteiger partial charge >= 0.3 is 0 Å². The first-order valence-electron chi connectivity index (χ1n) is 6.68. The number of para-hydroxylation sites is 1. The average molecular weight is 233 g/mol. The van der Waals surface area contributed by atoms with E-state index in [0.717, 1.165) is 19.6 Å². The monoisotopic (exact) mass is 233 g/mol. The van der Waals surface area contributed by atoms with Crippen LogP contribution in [0.3, 0.4) is 0 Å². The van der Waals surface area contributed by atoms with Gasteiger partial charge in [0.2, 0.25) is 0 Å². The van der Waals surface area contributed by atoms with Crippen molar-refractivity contribution in [2.24, 2.45) is 0 Å². The first-order valence-corrected chi connectivity index (χ1v) is 6.68. The van der Waals surface area contributed by atoms with Crippen LogP contribution >= 0.6 is 0 Å². The van der Waals surface area contributed by atoms with Gasteiger partial charge in [-0.15, -0.1) is 0 Å². The van der Waals surface area contributed by atoms with Crippen LogP contribution in [0.15, 0.2) is 24.3 Å². The maximum absolute atomic E-state index is 5.77. The molecule has 2 unspecified atom stereocenters. The molecule has 1 heterocycles. The molecule has 1 aromatic rings. The van der Waals surface area contributed by atoms with Gasteiger partial charge in [-0.3, -0.25) is 0 Å². The van der Waals surface area contributed by atoms with Crippen LogP contribution in [0.5, 0.6) is 0 Å². The molecule has 0 fully saturated rings. The fourth-order valence-corrected chi connectivity index (χ4v) is 2.44. The molecule has 1 aliphatic rings.